The average molecular weight is 362 g/mol. The van der Waals surface area contributed by atoms with Crippen LogP contribution < -0.4 is 10.4 Å². The molecule has 2 aromatic carbocycles. The van der Waals surface area contributed by atoms with Crippen LogP contribution in [0.5, 0.6) is 0 Å². The van der Waals surface area contributed by atoms with Crippen LogP contribution in [0, 0.1) is 0 Å². The second-order valence-electron chi connectivity index (χ2n) is 5.65. The number of carbonyl (C=O) groups is 1. The van der Waals surface area contributed by atoms with Crippen LogP contribution in [0.15, 0.2) is 81.5 Å². The number of fused-ring (bicyclic) bond motifs is 2. The van der Waals surface area contributed by atoms with Gasteiger partial charge in [0, 0.05) is 11.9 Å². The van der Waals surface area contributed by atoms with Gasteiger partial charge >= 0.3 is 5.63 Å². The zero-order chi connectivity index (χ0) is 18.1. The Morgan fingerprint density at radius 1 is 1.19 bits per heavy atom. The van der Waals surface area contributed by atoms with Crippen molar-refractivity contribution in [3.63, 3.8) is 0 Å². The number of allylic oxidation sites excluding steroid dienone is 1. The van der Waals surface area contributed by atoms with Crippen LogP contribution in [0.4, 0.5) is 0 Å². The summed E-state index contributed by atoms with van der Waals surface area (Å²) in [5.74, 6) is -0.617. The molecule has 2 aromatic heterocycles. The van der Waals surface area contributed by atoms with Gasteiger partial charge in [-0.15, -0.1) is 6.58 Å². The van der Waals surface area contributed by atoms with Gasteiger partial charge in [-0.2, -0.15) is 4.99 Å². The first-order chi connectivity index (χ1) is 12.7. The van der Waals surface area contributed by atoms with Crippen molar-refractivity contribution in [1.82, 2.24) is 4.57 Å². The summed E-state index contributed by atoms with van der Waals surface area (Å²) in [6.45, 7) is 4.28. The smallest absolute Gasteiger partial charge is 0.349 e. The minimum atomic E-state index is -0.686. The predicted molar refractivity (Wildman–Crippen MR) is 102 cm³/mol. The summed E-state index contributed by atoms with van der Waals surface area (Å²) in [6.07, 6.45) is 1.74. The van der Waals surface area contributed by atoms with Crippen molar-refractivity contribution < 1.29 is 9.21 Å². The van der Waals surface area contributed by atoms with Crippen LogP contribution in [0.25, 0.3) is 21.2 Å². The molecule has 0 saturated carbocycles. The predicted octanol–water partition coefficient (Wildman–Crippen LogP) is 3.74. The van der Waals surface area contributed by atoms with Crippen LogP contribution in [-0.4, -0.2) is 10.5 Å². The van der Waals surface area contributed by atoms with E-state index in [-0.39, 0.29) is 5.56 Å². The molecular weight excluding hydrogens is 348 g/mol. The van der Waals surface area contributed by atoms with Crippen LogP contribution >= 0.6 is 11.3 Å². The number of hydrogen-bond donors (Lipinski definition) is 0. The minimum Gasteiger partial charge on any atom is -0.422 e. The molecule has 6 heteroatoms. The maximum atomic E-state index is 12.7. The third-order valence-electron chi connectivity index (χ3n) is 3.97. The zero-order valence-electron chi connectivity index (χ0n) is 13.7. The van der Waals surface area contributed by atoms with Crippen molar-refractivity contribution in [2.45, 2.75) is 6.54 Å². The SMILES string of the molecule is C=CCn1c(=NC(=O)c2cc3ccccc3oc2=O)sc2ccccc21. The molecule has 2 heterocycles. The third-order valence-corrected chi connectivity index (χ3v) is 5.03. The summed E-state index contributed by atoms with van der Waals surface area (Å²) in [5, 5.41) is 0.681. The molecule has 0 bridgehead atoms. The van der Waals surface area contributed by atoms with E-state index in [4.69, 9.17) is 4.42 Å². The molecule has 0 saturated heterocycles. The topological polar surface area (TPSA) is 64.6 Å². The van der Waals surface area contributed by atoms with E-state index in [1.165, 1.54) is 17.4 Å². The highest BCUT2D eigenvalue weighted by Gasteiger charge is 2.14. The van der Waals surface area contributed by atoms with Gasteiger partial charge in [0.25, 0.3) is 5.91 Å². The van der Waals surface area contributed by atoms with Crippen molar-refractivity contribution in [1.29, 1.82) is 0 Å². The summed E-state index contributed by atoms with van der Waals surface area (Å²) in [5.41, 5.74) is 0.646. The molecule has 0 unspecified atom stereocenters. The molecule has 1 amide bonds. The van der Waals surface area contributed by atoms with Gasteiger partial charge in [0.15, 0.2) is 4.80 Å². The van der Waals surface area contributed by atoms with Gasteiger partial charge in [0.05, 0.1) is 10.2 Å². The highest BCUT2D eigenvalue weighted by Crippen LogP contribution is 2.17. The molecule has 4 aromatic rings. The number of amides is 1. The first-order valence-electron chi connectivity index (χ1n) is 7.98. The Hall–Kier alpha value is -3.25. The van der Waals surface area contributed by atoms with E-state index in [2.05, 4.69) is 11.6 Å². The first kappa shape index (κ1) is 16.2. The number of hydrogen-bond acceptors (Lipinski definition) is 4. The highest BCUT2D eigenvalue weighted by molar-refractivity contribution is 7.16. The summed E-state index contributed by atoms with van der Waals surface area (Å²) >= 11 is 1.39. The monoisotopic (exact) mass is 362 g/mol. The Morgan fingerprint density at radius 3 is 2.81 bits per heavy atom. The number of para-hydroxylation sites is 2. The van der Waals surface area contributed by atoms with Crippen LogP contribution in [0.3, 0.4) is 0 Å². The van der Waals surface area contributed by atoms with Gasteiger partial charge in [-0.05, 0) is 24.3 Å². The largest absolute Gasteiger partial charge is 0.422 e. The zero-order valence-corrected chi connectivity index (χ0v) is 14.5. The van der Waals surface area contributed by atoms with Crippen LogP contribution in [0.1, 0.15) is 10.4 Å². The average Bonchev–Trinajstić information content (AvgIpc) is 2.99. The van der Waals surface area contributed by atoms with Crippen molar-refractivity contribution in [2.75, 3.05) is 0 Å². The lowest BCUT2D eigenvalue weighted by Crippen LogP contribution is -2.19. The summed E-state index contributed by atoms with van der Waals surface area (Å²) < 4.78 is 8.13. The van der Waals surface area contributed by atoms with E-state index in [1.807, 2.05) is 34.9 Å². The number of nitrogens with zero attached hydrogens (tertiary/aromatic N) is 2. The van der Waals surface area contributed by atoms with E-state index in [9.17, 15) is 9.59 Å². The Kier molecular flexibility index (Phi) is 4.10. The molecule has 0 aliphatic heterocycles. The quantitative estimate of drug-likeness (QED) is 0.412. The van der Waals surface area contributed by atoms with Crippen molar-refractivity contribution in [2.24, 2.45) is 4.99 Å². The van der Waals surface area contributed by atoms with Crippen molar-refractivity contribution in [3.8, 4) is 0 Å². The molecule has 26 heavy (non-hydrogen) atoms. The Balaban J connectivity index is 1.89. The normalized spacial score (nSPS) is 11.9. The first-order valence-corrected chi connectivity index (χ1v) is 8.80. The molecule has 0 atom stereocenters. The third kappa shape index (κ3) is 2.80. The Bertz CT molecular complexity index is 1280. The summed E-state index contributed by atoms with van der Waals surface area (Å²) in [4.78, 5) is 29.5. The van der Waals surface area contributed by atoms with Gasteiger partial charge in [-0.1, -0.05) is 47.7 Å². The number of aromatic nitrogens is 1. The number of carbonyl (C=O) groups excluding carboxylic acids is 1. The molecule has 5 nitrogen and oxygen atoms in total. The maximum Gasteiger partial charge on any atom is 0.349 e. The van der Waals surface area contributed by atoms with E-state index in [0.717, 1.165) is 10.2 Å². The van der Waals surface area contributed by atoms with E-state index in [1.54, 1.807) is 24.3 Å². The van der Waals surface area contributed by atoms with Gasteiger partial charge in [-0.25, -0.2) is 4.79 Å². The van der Waals surface area contributed by atoms with Crippen molar-refractivity contribution in [3.05, 3.63) is 88.0 Å². The lowest BCUT2D eigenvalue weighted by molar-refractivity contribution is 0.0994. The number of rotatable bonds is 3. The van der Waals surface area contributed by atoms with E-state index >= 15 is 0 Å². The van der Waals surface area contributed by atoms with Gasteiger partial charge in [0.1, 0.15) is 11.1 Å². The van der Waals surface area contributed by atoms with Gasteiger partial charge in [-0.3, -0.25) is 4.79 Å². The molecular formula is C20H14N2O3S. The maximum absolute atomic E-state index is 12.7. The second-order valence-corrected chi connectivity index (χ2v) is 6.66. The van der Waals surface area contributed by atoms with E-state index in [0.29, 0.717) is 22.3 Å². The molecule has 4 rings (SSSR count). The van der Waals surface area contributed by atoms with Crippen LogP contribution in [-0.2, 0) is 6.54 Å². The lowest BCUT2D eigenvalue weighted by atomic mass is 10.2. The molecule has 0 spiro atoms. The molecule has 128 valence electrons. The van der Waals surface area contributed by atoms with E-state index < -0.39 is 11.5 Å². The molecule has 0 radical (unpaired) electrons. The summed E-state index contributed by atoms with van der Waals surface area (Å²) in [6, 6.07) is 16.4. The molecule has 0 aliphatic carbocycles. The van der Waals surface area contributed by atoms with Crippen LogP contribution in [0.2, 0.25) is 0 Å². The fraction of sp³-hybridized carbons (Fsp3) is 0.0500. The molecule has 0 fully saturated rings. The Morgan fingerprint density at radius 2 is 1.96 bits per heavy atom. The second kappa shape index (κ2) is 6.57. The fourth-order valence-corrected chi connectivity index (χ4v) is 3.81. The minimum absolute atomic E-state index is 0.0775. The highest BCUT2D eigenvalue weighted by atomic mass is 32.1. The summed E-state index contributed by atoms with van der Waals surface area (Å²) in [7, 11) is 0. The standard InChI is InChI=1S/C20H14N2O3S/c1-2-11-22-15-8-4-6-10-17(15)26-20(22)21-18(23)14-12-13-7-3-5-9-16(13)25-19(14)24/h2-10,12H,1,11H2. The van der Waals surface area contributed by atoms with Gasteiger partial charge < -0.3 is 8.98 Å². The van der Waals surface area contributed by atoms with Gasteiger partial charge in [0.2, 0.25) is 0 Å². The number of thiazole rings is 1. The molecule has 0 aliphatic rings. The lowest BCUT2D eigenvalue weighted by Gasteiger charge is -2.01. The van der Waals surface area contributed by atoms with Crippen molar-refractivity contribution >= 4 is 38.4 Å². The number of benzene rings is 2. The fourth-order valence-electron chi connectivity index (χ4n) is 2.77. The Labute approximate surface area is 152 Å². The molecule has 0 N–H and O–H groups in total.